The van der Waals surface area contributed by atoms with Gasteiger partial charge < -0.3 is 5.11 Å². The average molecular weight is 176 g/mol. The molecule has 0 saturated heterocycles. The van der Waals surface area contributed by atoms with Crippen LogP contribution in [0.25, 0.3) is 0 Å². The minimum Gasteiger partial charge on any atom is -0.388 e. The number of hydrogen-bond donors (Lipinski definition) is 1. The summed E-state index contributed by atoms with van der Waals surface area (Å²) in [5.41, 5.74) is 2.27. The molecular weight excluding hydrogens is 160 g/mol. The minimum atomic E-state index is -0.400. The Kier molecular flexibility index (Phi) is 3.71. The van der Waals surface area contributed by atoms with Crippen LogP contribution in [0.4, 0.5) is 0 Å². The van der Waals surface area contributed by atoms with E-state index in [1.54, 1.807) is 6.08 Å². The summed E-state index contributed by atoms with van der Waals surface area (Å²) < 4.78 is 0. The molecule has 0 aliphatic carbocycles. The molecule has 70 valence electrons. The first-order valence-corrected chi connectivity index (χ1v) is 4.65. The maximum absolute atomic E-state index is 9.61. The molecule has 0 spiro atoms. The lowest BCUT2D eigenvalue weighted by atomic mass is 10.0. The number of aryl methyl sites for hydroxylation is 1. The Bertz CT molecular complexity index is 261. The molecule has 0 aromatic heterocycles. The molecule has 1 nitrogen and oxygen atoms in total. The second-order valence-electron chi connectivity index (χ2n) is 3.14. The van der Waals surface area contributed by atoms with E-state index >= 15 is 0 Å². The Labute approximate surface area is 79.7 Å². The molecule has 0 bridgehead atoms. The molecule has 1 atom stereocenters. The monoisotopic (exact) mass is 176 g/mol. The SMILES string of the molecule is C=CCC(O)c1ccc(CC)cc1. The Hall–Kier alpha value is -1.08. The Morgan fingerprint density at radius 1 is 1.38 bits per heavy atom. The summed E-state index contributed by atoms with van der Waals surface area (Å²) in [7, 11) is 0. The summed E-state index contributed by atoms with van der Waals surface area (Å²) in [5.74, 6) is 0. The first kappa shape index (κ1) is 10.0. The fraction of sp³-hybridized carbons (Fsp3) is 0.333. The van der Waals surface area contributed by atoms with Crippen LogP contribution in [0.2, 0.25) is 0 Å². The van der Waals surface area contributed by atoms with Crippen molar-refractivity contribution in [1.82, 2.24) is 0 Å². The third-order valence-electron chi connectivity index (χ3n) is 2.16. The summed E-state index contributed by atoms with van der Waals surface area (Å²) >= 11 is 0. The summed E-state index contributed by atoms with van der Waals surface area (Å²) in [6.45, 7) is 5.72. The van der Waals surface area contributed by atoms with E-state index in [1.807, 2.05) is 12.1 Å². The Morgan fingerprint density at radius 3 is 2.46 bits per heavy atom. The van der Waals surface area contributed by atoms with Crippen LogP contribution >= 0.6 is 0 Å². The second-order valence-corrected chi connectivity index (χ2v) is 3.14. The van der Waals surface area contributed by atoms with Gasteiger partial charge in [-0.05, 0) is 24.0 Å². The number of aliphatic hydroxyl groups is 1. The van der Waals surface area contributed by atoms with Gasteiger partial charge in [0.05, 0.1) is 6.10 Å². The van der Waals surface area contributed by atoms with Crippen LogP contribution in [-0.2, 0) is 6.42 Å². The lowest BCUT2D eigenvalue weighted by molar-refractivity contribution is 0.181. The van der Waals surface area contributed by atoms with Crippen LogP contribution in [0.15, 0.2) is 36.9 Å². The van der Waals surface area contributed by atoms with Crippen molar-refractivity contribution in [2.24, 2.45) is 0 Å². The van der Waals surface area contributed by atoms with Gasteiger partial charge in [0.15, 0.2) is 0 Å². The quantitative estimate of drug-likeness (QED) is 0.699. The van der Waals surface area contributed by atoms with Gasteiger partial charge in [0.1, 0.15) is 0 Å². The van der Waals surface area contributed by atoms with Crippen molar-refractivity contribution in [3.8, 4) is 0 Å². The minimum absolute atomic E-state index is 0.400. The van der Waals surface area contributed by atoms with Crippen LogP contribution in [0, 0.1) is 0 Å². The van der Waals surface area contributed by atoms with Gasteiger partial charge in [0.2, 0.25) is 0 Å². The van der Waals surface area contributed by atoms with Crippen molar-refractivity contribution < 1.29 is 5.11 Å². The van der Waals surface area contributed by atoms with Gasteiger partial charge in [0.25, 0.3) is 0 Å². The first-order valence-electron chi connectivity index (χ1n) is 4.65. The van der Waals surface area contributed by atoms with Crippen molar-refractivity contribution in [2.45, 2.75) is 25.9 Å². The molecule has 0 aliphatic heterocycles. The van der Waals surface area contributed by atoms with Crippen LogP contribution in [0.3, 0.4) is 0 Å². The number of benzene rings is 1. The van der Waals surface area contributed by atoms with Crippen molar-refractivity contribution in [3.63, 3.8) is 0 Å². The average Bonchev–Trinajstić information content (AvgIpc) is 2.18. The zero-order valence-electron chi connectivity index (χ0n) is 8.03. The van der Waals surface area contributed by atoms with Gasteiger partial charge in [-0.2, -0.15) is 0 Å². The summed E-state index contributed by atoms with van der Waals surface area (Å²) in [5, 5.41) is 9.61. The predicted octanol–water partition coefficient (Wildman–Crippen LogP) is 2.86. The molecular formula is C12H16O. The highest BCUT2D eigenvalue weighted by atomic mass is 16.3. The molecule has 1 aromatic rings. The molecule has 0 heterocycles. The van der Waals surface area contributed by atoms with Gasteiger partial charge in [-0.3, -0.25) is 0 Å². The maximum Gasteiger partial charge on any atom is 0.0824 e. The van der Waals surface area contributed by atoms with E-state index in [0.717, 1.165) is 12.0 Å². The third-order valence-corrected chi connectivity index (χ3v) is 2.16. The molecule has 13 heavy (non-hydrogen) atoms. The van der Waals surface area contributed by atoms with Crippen LogP contribution in [-0.4, -0.2) is 5.11 Å². The lowest BCUT2D eigenvalue weighted by Crippen LogP contribution is -1.95. The molecule has 0 fully saturated rings. The molecule has 1 rings (SSSR count). The highest BCUT2D eigenvalue weighted by molar-refractivity contribution is 5.24. The van der Waals surface area contributed by atoms with E-state index in [2.05, 4.69) is 25.6 Å². The van der Waals surface area contributed by atoms with Gasteiger partial charge in [-0.25, -0.2) is 0 Å². The fourth-order valence-corrected chi connectivity index (χ4v) is 1.27. The molecule has 0 radical (unpaired) electrons. The highest BCUT2D eigenvalue weighted by Gasteiger charge is 2.03. The largest absolute Gasteiger partial charge is 0.388 e. The summed E-state index contributed by atoms with van der Waals surface area (Å²) in [4.78, 5) is 0. The van der Waals surface area contributed by atoms with Crippen LogP contribution < -0.4 is 0 Å². The fourth-order valence-electron chi connectivity index (χ4n) is 1.27. The van der Waals surface area contributed by atoms with Crippen LogP contribution in [0.5, 0.6) is 0 Å². The highest BCUT2D eigenvalue weighted by Crippen LogP contribution is 2.17. The first-order chi connectivity index (χ1) is 6.27. The van der Waals surface area contributed by atoms with Gasteiger partial charge in [-0.1, -0.05) is 37.3 Å². The van der Waals surface area contributed by atoms with E-state index in [0.29, 0.717) is 6.42 Å². The molecule has 0 saturated carbocycles. The van der Waals surface area contributed by atoms with E-state index in [1.165, 1.54) is 5.56 Å². The van der Waals surface area contributed by atoms with E-state index in [9.17, 15) is 5.11 Å². The van der Waals surface area contributed by atoms with Crippen molar-refractivity contribution in [2.75, 3.05) is 0 Å². The standard InChI is InChI=1S/C12H16O/c1-3-5-12(13)11-8-6-10(4-2)7-9-11/h3,6-9,12-13H,1,4-5H2,2H3. The van der Waals surface area contributed by atoms with Crippen molar-refractivity contribution >= 4 is 0 Å². The smallest absolute Gasteiger partial charge is 0.0824 e. The van der Waals surface area contributed by atoms with E-state index < -0.39 is 6.10 Å². The number of hydrogen-bond acceptors (Lipinski definition) is 1. The number of rotatable bonds is 4. The van der Waals surface area contributed by atoms with Crippen LogP contribution in [0.1, 0.15) is 30.6 Å². The second kappa shape index (κ2) is 4.83. The van der Waals surface area contributed by atoms with Gasteiger partial charge in [-0.15, -0.1) is 6.58 Å². The summed E-state index contributed by atoms with van der Waals surface area (Å²) in [6, 6.07) is 8.07. The maximum atomic E-state index is 9.61. The summed E-state index contributed by atoms with van der Waals surface area (Å²) in [6.07, 6.45) is 2.99. The zero-order chi connectivity index (χ0) is 9.68. The molecule has 1 heteroatoms. The van der Waals surface area contributed by atoms with E-state index in [-0.39, 0.29) is 0 Å². The topological polar surface area (TPSA) is 20.2 Å². The Balaban J connectivity index is 2.73. The van der Waals surface area contributed by atoms with Crippen molar-refractivity contribution in [1.29, 1.82) is 0 Å². The van der Waals surface area contributed by atoms with Gasteiger partial charge >= 0.3 is 0 Å². The molecule has 0 aliphatic rings. The predicted molar refractivity (Wildman–Crippen MR) is 55.6 cm³/mol. The lowest BCUT2D eigenvalue weighted by Gasteiger charge is -2.08. The molecule has 1 aromatic carbocycles. The third kappa shape index (κ3) is 2.71. The molecule has 0 amide bonds. The number of aliphatic hydroxyl groups excluding tert-OH is 1. The molecule has 1 unspecified atom stereocenters. The zero-order valence-corrected chi connectivity index (χ0v) is 8.03. The van der Waals surface area contributed by atoms with Gasteiger partial charge in [0, 0.05) is 0 Å². The van der Waals surface area contributed by atoms with Crippen molar-refractivity contribution in [3.05, 3.63) is 48.0 Å². The van der Waals surface area contributed by atoms with E-state index in [4.69, 9.17) is 0 Å². The molecule has 1 N–H and O–H groups in total. The normalized spacial score (nSPS) is 12.5. The Morgan fingerprint density at radius 2 is 2.00 bits per heavy atom.